The lowest BCUT2D eigenvalue weighted by atomic mass is 10.1. The zero-order valence-electron chi connectivity index (χ0n) is 10.8. The van der Waals surface area contributed by atoms with E-state index in [4.69, 9.17) is 0 Å². The number of nitrogens with zero attached hydrogens (tertiary/aromatic N) is 1. The van der Waals surface area contributed by atoms with Crippen LogP contribution in [0.1, 0.15) is 18.2 Å². The van der Waals surface area contributed by atoms with Crippen molar-refractivity contribution >= 4 is 15.7 Å². The van der Waals surface area contributed by atoms with Crippen molar-refractivity contribution in [3.8, 4) is 0 Å². The number of hydrogen-bond donors (Lipinski definition) is 1. The van der Waals surface area contributed by atoms with E-state index in [2.05, 4.69) is 5.32 Å². The summed E-state index contributed by atoms with van der Waals surface area (Å²) in [5.41, 5.74) is 0.639. The van der Waals surface area contributed by atoms with E-state index in [0.29, 0.717) is 12.0 Å². The fourth-order valence-electron chi connectivity index (χ4n) is 2.88. The third-order valence-corrected chi connectivity index (χ3v) is 5.53. The summed E-state index contributed by atoms with van der Waals surface area (Å²) in [4.78, 5) is 13.6. The predicted molar refractivity (Wildman–Crippen MR) is 71.0 cm³/mol. The number of carbonyl (C=O) groups is 1. The molecule has 0 bridgehead atoms. The average Bonchev–Trinajstić information content (AvgIpc) is 2.92. The summed E-state index contributed by atoms with van der Waals surface area (Å²) in [5, 5.41) is 3.02. The van der Waals surface area contributed by atoms with Crippen LogP contribution in [0.2, 0.25) is 0 Å². The average molecular weight is 298 g/mol. The van der Waals surface area contributed by atoms with Crippen molar-refractivity contribution in [1.29, 1.82) is 0 Å². The topological polar surface area (TPSA) is 66.5 Å². The molecule has 3 rings (SSSR count). The molecule has 2 heterocycles. The Balaban J connectivity index is 1.90. The van der Waals surface area contributed by atoms with Gasteiger partial charge in [0.15, 0.2) is 9.84 Å². The maximum absolute atomic E-state index is 13.3. The van der Waals surface area contributed by atoms with E-state index in [1.54, 1.807) is 17.0 Å². The molecule has 0 radical (unpaired) electrons. The molecule has 1 aromatic carbocycles. The molecule has 7 heteroatoms. The van der Waals surface area contributed by atoms with Gasteiger partial charge in [-0.2, -0.15) is 0 Å². The molecule has 0 aliphatic carbocycles. The molecule has 20 heavy (non-hydrogen) atoms. The van der Waals surface area contributed by atoms with E-state index in [1.807, 2.05) is 0 Å². The normalized spacial score (nSPS) is 29.1. The molecule has 1 amide bonds. The van der Waals surface area contributed by atoms with Gasteiger partial charge in [-0.05, 0) is 24.1 Å². The van der Waals surface area contributed by atoms with Gasteiger partial charge in [0.2, 0.25) is 5.91 Å². The van der Waals surface area contributed by atoms with Crippen LogP contribution in [0.15, 0.2) is 24.3 Å². The van der Waals surface area contributed by atoms with Crippen LogP contribution in [0.3, 0.4) is 0 Å². The molecule has 2 aliphatic heterocycles. The highest BCUT2D eigenvalue weighted by molar-refractivity contribution is 7.91. The molecule has 0 spiro atoms. The van der Waals surface area contributed by atoms with Crippen molar-refractivity contribution in [1.82, 2.24) is 10.2 Å². The third-order valence-electron chi connectivity index (χ3n) is 3.78. The van der Waals surface area contributed by atoms with E-state index in [1.165, 1.54) is 12.1 Å². The molecule has 2 saturated heterocycles. The Morgan fingerprint density at radius 3 is 2.80 bits per heavy atom. The van der Waals surface area contributed by atoms with E-state index < -0.39 is 16.0 Å². The van der Waals surface area contributed by atoms with Crippen LogP contribution in [0.4, 0.5) is 4.39 Å². The van der Waals surface area contributed by atoms with Gasteiger partial charge in [-0.3, -0.25) is 10.1 Å². The number of amides is 1. The van der Waals surface area contributed by atoms with Crippen LogP contribution in [-0.4, -0.2) is 43.3 Å². The van der Waals surface area contributed by atoms with Gasteiger partial charge in [-0.1, -0.05) is 12.1 Å². The molecule has 2 atom stereocenters. The van der Waals surface area contributed by atoms with E-state index in [-0.39, 0.29) is 35.8 Å². The largest absolute Gasteiger partial charge is 0.318 e. The van der Waals surface area contributed by atoms with E-state index in [9.17, 15) is 17.6 Å². The van der Waals surface area contributed by atoms with Crippen LogP contribution >= 0.6 is 0 Å². The van der Waals surface area contributed by atoms with Gasteiger partial charge in [0.25, 0.3) is 0 Å². The molecule has 0 aromatic heterocycles. The Labute approximate surface area is 116 Å². The van der Waals surface area contributed by atoms with Crippen LogP contribution in [-0.2, 0) is 14.6 Å². The number of halogens is 1. The van der Waals surface area contributed by atoms with Gasteiger partial charge < -0.3 is 4.90 Å². The minimum absolute atomic E-state index is 0.00770. The summed E-state index contributed by atoms with van der Waals surface area (Å²) in [6.07, 6.45) is -0.00168. The van der Waals surface area contributed by atoms with Crippen LogP contribution < -0.4 is 5.32 Å². The van der Waals surface area contributed by atoms with Crippen molar-refractivity contribution in [2.75, 3.05) is 18.1 Å². The third kappa shape index (κ3) is 2.43. The molecule has 2 aliphatic rings. The van der Waals surface area contributed by atoms with Crippen molar-refractivity contribution in [2.45, 2.75) is 18.6 Å². The molecular weight excluding hydrogens is 283 g/mol. The molecular formula is C13H15FN2O3S. The predicted octanol–water partition coefficient (Wildman–Crippen LogP) is 0.443. The zero-order chi connectivity index (χ0) is 14.3. The summed E-state index contributed by atoms with van der Waals surface area (Å²) in [5.74, 6) is -0.409. The van der Waals surface area contributed by atoms with Gasteiger partial charge >= 0.3 is 0 Å². The first-order valence-electron chi connectivity index (χ1n) is 6.47. The minimum atomic E-state index is -3.07. The maximum atomic E-state index is 13.3. The van der Waals surface area contributed by atoms with Gasteiger partial charge in [0.05, 0.1) is 18.1 Å². The number of carbonyl (C=O) groups excluding carboxylic acids is 1. The highest BCUT2D eigenvalue weighted by Gasteiger charge is 2.41. The Kier molecular flexibility index (Phi) is 3.25. The fourth-order valence-corrected chi connectivity index (χ4v) is 4.59. The molecule has 2 unspecified atom stereocenters. The summed E-state index contributed by atoms with van der Waals surface area (Å²) >= 11 is 0. The molecule has 5 nitrogen and oxygen atoms in total. The standard InChI is InChI=1S/C13H15FN2O3S/c14-10-3-1-2-9(6-10)13-15-7-12(17)16(13)11-4-5-20(18,19)8-11/h1-3,6,11,13,15H,4-5,7-8H2. The van der Waals surface area contributed by atoms with Gasteiger partial charge in [0.1, 0.15) is 12.0 Å². The second-order valence-electron chi connectivity index (χ2n) is 5.20. The second kappa shape index (κ2) is 4.82. The minimum Gasteiger partial charge on any atom is -0.318 e. The smallest absolute Gasteiger partial charge is 0.238 e. The summed E-state index contributed by atoms with van der Waals surface area (Å²) in [6.45, 7) is 0.151. The Bertz CT molecular complexity index is 647. The highest BCUT2D eigenvalue weighted by Crippen LogP contribution is 2.29. The first-order chi connectivity index (χ1) is 9.46. The van der Waals surface area contributed by atoms with Gasteiger partial charge in [-0.15, -0.1) is 0 Å². The maximum Gasteiger partial charge on any atom is 0.238 e. The number of sulfone groups is 1. The van der Waals surface area contributed by atoms with E-state index in [0.717, 1.165) is 0 Å². The van der Waals surface area contributed by atoms with E-state index >= 15 is 0 Å². The fraction of sp³-hybridized carbons (Fsp3) is 0.462. The number of benzene rings is 1. The Morgan fingerprint density at radius 1 is 1.35 bits per heavy atom. The first kappa shape index (κ1) is 13.5. The lowest BCUT2D eigenvalue weighted by Crippen LogP contribution is -2.40. The molecule has 1 N–H and O–H groups in total. The molecule has 2 fully saturated rings. The number of rotatable bonds is 2. The zero-order valence-corrected chi connectivity index (χ0v) is 11.6. The highest BCUT2D eigenvalue weighted by atomic mass is 32.2. The lowest BCUT2D eigenvalue weighted by molar-refractivity contribution is -0.129. The van der Waals surface area contributed by atoms with Crippen molar-refractivity contribution < 1.29 is 17.6 Å². The van der Waals surface area contributed by atoms with Crippen LogP contribution in [0, 0.1) is 5.82 Å². The SMILES string of the molecule is O=C1CNC(c2cccc(F)c2)N1C1CCS(=O)(=O)C1. The molecule has 0 saturated carbocycles. The molecule has 1 aromatic rings. The van der Waals surface area contributed by atoms with Gasteiger partial charge in [0, 0.05) is 6.04 Å². The molecule has 108 valence electrons. The summed E-state index contributed by atoms with van der Waals surface area (Å²) in [6, 6.07) is 5.70. The monoisotopic (exact) mass is 298 g/mol. The van der Waals surface area contributed by atoms with Gasteiger partial charge in [-0.25, -0.2) is 12.8 Å². The van der Waals surface area contributed by atoms with Crippen LogP contribution in [0.25, 0.3) is 0 Å². The van der Waals surface area contributed by atoms with Crippen molar-refractivity contribution in [3.05, 3.63) is 35.6 Å². The Hall–Kier alpha value is -1.47. The summed E-state index contributed by atoms with van der Waals surface area (Å²) in [7, 11) is -3.07. The second-order valence-corrected chi connectivity index (χ2v) is 7.43. The van der Waals surface area contributed by atoms with Crippen LogP contribution in [0.5, 0.6) is 0 Å². The summed E-state index contributed by atoms with van der Waals surface area (Å²) < 4.78 is 36.5. The number of hydrogen-bond acceptors (Lipinski definition) is 4. The Morgan fingerprint density at radius 2 is 2.15 bits per heavy atom. The number of nitrogens with one attached hydrogen (secondary N) is 1. The van der Waals surface area contributed by atoms with Crippen molar-refractivity contribution in [2.24, 2.45) is 0 Å². The quantitative estimate of drug-likeness (QED) is 0.860. The lowest BCUT2D eigenvalue weighted by Gasteiger charge is -2.29. The first-order valence-corrected chi connectivity index (χ1v) is 8.29. The van der Waals surface area contributed by atoms with Crippen molar-refractivity contribution in [3.63, 3.8) is 0 Å².